The van der Waals surface area contributed by atoms with Crippen molar-refractivity contribution in [2.45, 2.75) is 0 Å². The molecule has 0 amide bonds. The molecule has 1 aromatic carbocycles. The van der Waals surface area contributed by atoms with Crippen molar-refractivity contribution in [3.8, 4) is 11.3 Å². The van der Waals surface area contributed by atoms with Crippen molar-refractivity contribution < 1.29 is 0 Å². The lowest BCUT2D eigenvalue weighted by molar-refractivity contribution is 1.33. The summed E-state index contributed by atoms with van der Waals surface area (Å²) in [5, 5.41) is 1.62. The highest BCUT2D eigenvalue weighted by Crippen LogP contribution is 2.36. The zero-order valence-electron chi connectivity index (χ0n) is 7.55. The standard InChI is InChI=1S/C11H6Cl3N/c12-7-3-1-4-8(13)10(7)11-9(14)5-2-6-15-11/h1-6H. The van der Waals surface area contributed by atoms with Crippen LogP contribution < -0.4 is 0 Å². The van der Waals surface area contributed by atoms with Crippen molar-refractivity contribution >= 4 is 34.8 Å². The minimum absolute atomic E-state index is 0.535. The Hall–Kier alpha value is -0.760. The highest BCUT2D eigenvalue weighted by Gasteiger charge is 2.11. The van der Waals surface area contributed by atoms with Crippen LogP contribution >= 0.6 is 34.8 Å². The molecule has 0 bridgehead atoms. The van der Waals surface area contributed by atoms with E-state index in [2.05, 4.69) is 4.98 Å². The van der Waals surface area contributed by atoms with Gasteiger partial charge in [0, 0.05) is 11.8 Å². The molecular formula is C11H6Cl3N. The summed E-state index contributed by atoms with van der Waals surface area (Å²) in [7, 11) is 0. The molecule has 0 aliphatic rings. The summed E-state index contributed by atoms with van der Waals surface area (Å²) in [5.41, 5.74) is 1.28. The molecule has 2 rings (SSSR count). The highest BCUT2D eigenvalue weighted by atomic mass is 35.5. The molecule has 1 aromatic heterocycles. The number of nitrogens with zero attached hydrogens (tertiary/aromatic N) is 1. The second kappa shape index (κ2) is 4.40. The second-order valence-electron chi connectivity index (χ2n) is 2.93. The number of hydrogen-bond acceptors (Lipinski definition) is 1. The van der Waals surface area contributed by atoms with Crippen LogP contribution in [0.15, 0.2) is 36.5 Å². The third-order valence-corrected chi connectivity index (χ3v) is 2.89. The van der Waals surface area contributed by atoms with E-state index in [1.165, 1.54) is 0 Å². The van der Waals surface area contributed by atoms with Crippen LogP contribution in [-0.4, -0.2) is 4.98 Å². The SMILES string of the molecule is Clc1cccnc1-c1c(Cl)cccc1Cl. The van der Waals surface area contributed by atoms with Gasteiger partial charge in [-0.25, -0.2) is 0 Å². The summed E-state index contributed by atoms with van der Waals surface area (Å²) in [6.07, 6.45) is 1.65. The van der Waals surface area contributed by atoms with Crippen molar-refractivity contribution in [2.24, 2.45) is 0 Å². The van der Waals surface area contributed by atoms with E-state index in [0.717, 1.165) is 0 Å². The predicted molar refractivity (Wildman–Crippen MR) is 64.7 cm³/mol. The Morgan fingerprint density at radius 3 is 2.00 bits per heavy atom. The fraction of sp³-hybridized carbons (Fsp3) is 0. The summed E-state index contributed by atoms with van der Waals surface area (Å²) in [4.78, 5) is 4.17. The van der Waals surface area contributed by atoms with Gasteiger partial charge in [-0.3, -0.25) is 4.98 Å². The first-order valence-electron chi connectivity index (χ1n) is 4.25. The van der Waals surface area contributed by atoms with Crippen molar-refractivity contribution in [1.82, 2.24) is 4.98 Å². The first-order chi connectivity index (χ1) is 7.20. The number of pyridine rings is 1. The summed E-state index contributed by atoms with van der Waals surface area (Å²) < 4.78 is 0. The molecule has 0 aliphatic carbocycles. The number of rotatable bonds is 1. The molecule has 0 saturated heterocycles. The molecule has 0 aliphatic heterocycles. The molecule has 1 nitrogen and oxygen atoms in total. The van der Waals surface area contributed by atoms with Gasteiger partial charge in [0.05, 0.1) is 20.8 Å². The van der Waals surface area contributed by atoms with Crippen LogP contribution in [0.1, 0.15) is 0 Å². The minimum Gasteiger partial charge on any atom is -0.255 e. The van der Waals surface area contributed by atoms with E-state index in [9.17, 15) is 0 Å². The Morgan fingerprint density at radius 2 is 1.40 bits per heavy atom. The first kappa shape index (κ1) is 10.7. The normalized spacial score (nSPS) is 10.3. The third kappa shape index (κ3) is 2.10. The zero-order chi connectivity index (χ0) is 10.8. The number of hydrogen-bond donors (Lipinski definition) is 0. The van der Waals surface area contributed by atoms with Gasteiger partial charge in [-0.05, 0) is 24.3 Å². The molecule has 0 radical (unpaired) electrons. The minimum atomic E-state index is 0.535. The summed E-state index contributed by atoms with van der Waals surface area (Å²) in [5.74, 6) is 0. The lowest BCUT2D eigenvalue weighted by Gasteiger charge is -2.07. The molecule has 0 unspecified atom stereocenters. The molecule has 0 atom stereocenters. The van der Waals surface area contributed by atoms with E-state index >= 15 is 0 Å². The average Bonchev–Trinajstić information content (AvgIpc) is 2.20. The van der Waals surface area contributed by atoms with Crippen LogP contribution in [0.5, 0.6) is 0 Å². The van der Waals surface area contributed by atoms with Gasteiger partial charge >= 0.3 is 0 Å². The quantitative estimate of drug-likeness (QED) is 0.722. The largest absolute Gasteiger partial charge is 0.255 e. The molecule has 0 spiro atoms. The molecule has 0 fully saturated rings. The summed E-state index contributed by atoms with van der Waals surface area (Å²) in [6.45, 7) is 0. The van der Waals surface area contributed by atoms with E-state index in [0.29, 0.717) is 26.3 Å². The molecule has 0 saturated carbocycles. The second-order valence-corrected chi connectivity index (χ2v) is 4.15. The van der Waals surface area contributed by atoms with Crippen molar-refractivity contribution in [3.63, 3.8) is 0 Å². The summed E-state index contributed by atoms with van der Waals surface area (Å²) in [6, 6.07) is 8.81. The third-order valence-electron chi connectivity index (χ3n) is 1.96. The fourth-order valence-corrected chi connectivity index (χ4v) is 2.09. The Balaban J connectivity index is 2.69. The smallest absolute Gasteiger partial charge is 0.0918 e. The van der Waals surface area contributed by atoms with E-state index in [-0.39, 0.29) is 0 Å². The van der Waals surface area contributed by atoms with Crippen LogP contribution in [0.25, 0.3) is 11.3 Å². The van der Waals surface area contributed by atoms with Crippen LogP contribution in [0.2, 0.25) is 15.1 Å². The first-order valence-corrected chi connectivity index (χ1v) is 5.38. The highest BCUT2D eigenvalue weighted by molar-refractivity contribution is 6.40. The predicted octanol–water partition coefficient (Wildman–Crippen LogP) is 4.71. The topological polar surface area (TPSA) is 12.9 Å². The maximum Gasteiger partial charge on any atom is 0.0918 e. The molecule has 4 heteroatoms. The number of halogens is 3. The van der Waals surface area contributed by atoms with Gasteiger partial charge in [0.25, 0.3) is 0 Å². The summed E-state index contributed by atoms with van der Waals surface area (Å²) >= 11 is 18.1. The Bertz CT molecular complexity index is 477. The van der Waals surface area contributed by atoms with Crippen molar-refractivity contribution in [3.05, 3.63) is 51.6 Å². The number of benzene rings is 1. The van der Waals surface area contributed by atoms with Gasteiger partial charge in [-0.2, -0.15) is 0 Å². The monoisotopic (exact) mass is 257 g/mol. The van der Waals surface area contributed by atoms with Crippen LogP contribution in [0.4, 0.5) is 0 Å². The van der Waals surface area contributed by atoms with Gasteiger partial charge < -0.3 is 0 Å². The maximum absolute atomic E-state index is 6.05. The van der Waals surface area contributed by atoms with Crippen LogP contribution in [0, 0.1) is 0 Å². The van der Waals surface area contributed by atoms with Gasteiger partial charge in [0.1, 0.15) is 0 Å². The zero-order valence-corrected chi connectivity index (χ0v) is 9.81. The van der Waals surface area contributed by atoms with Gasteiger partial charge in [0.15, 0.2) is 0 Å². The van der Waals surface area contributed by atoms with E-state index in [1.807, 2.05) is 0 Å². The lowest BCUT2D eigenvalue weighted by atomic mass is 10.1. The Kier molecular flexibility index (Phi) is 3.15. The number of aromatic nitrogens is 1. The van der Waals surface area contributed by atoms with Crippen LogP contribution in [0.3, 0.4) is 0 Å². The fourth-order valence-electron chi connectivity index (χ4n) is 1.29. The maximum atomic E-state index is 6.05. The Labute approximate surface area is 103 Å². The molecule has 0 N–H and O–H groups in total. The van der Waals surface area contributed by atoms with Gasteiger partial charge in [-0.1, -0.05) is 40.9 Å². The van der Waals surface area contributed by atoms with E-state index in [1.54, 1.807) is 36.5 Å². The molecular weight excluding hydrogens is 252 g/mol. The van der Waals surface area contributed by atoms with E-state index in [4.69, 9.17) is 34.8 Å². The molecule has 1 heterocycles. The van der Waals surface area contributed by atoms with Crippen molar-refractivity contribution in [1.29, 1.82) is 0 Å². The Morgan fingerprint density at radius 1 is 0.800 bits per heavy atom. The molecule has 76 valence electrons. The lowest BCUT2D eigenvalue weighted by Crippen LogP contribution is -1.86. The van der Waals surface area contributed by atoms with Gasteiger partial charge in [0.2, 0.25) is 0 Å². The molecule has 2 aromatic rings. The average molecular weight is 259 g/mol. The van der Waals surface area contributed by atoms with Crippen LogP contribution in [-0.2, 0) is 0 Å². The molecule has 15 heavy (non-hydrogen) atoms. The van der Waals surface area contributed by atoms with Gasteiger partial charge in [-0.15, -0.1) is 0 Å². The van der Waals surface area contributed by atoms with Crippen molar-refractivity contribution in [2.75, 3.05) is 0 Å². The van der Waals surface area contributed by atoms with E-state index < -0.39 is 0 Å².